The van der Waals surface area contributed by atoms with Crippen LogP contribution in [0, 0.1) is 5.82 Å². The van der Waals surface area contributed by atoms with Gasteiger partial charge in [-0.05, 0) is 30.3 Å². The number of hydrogen-bond acceptors (Lipinski definition) is 7. The zero-order chi connectivity index (χ0) is 19.8. The molecule has 2 N–H and O–H groups in total. The number of aromatic nitrogens is 2. The van der Waals surface area contributed by atoms with Crippen LogP contribution < -0.4 is 10.6 Å². The maximum atomic E-state index is 13.2. The first-order valence-corrected chi connectivity index (χ1v) is 10.3. The summed E-state index contributed by atoms with van der Waals surface area (Å²) in [5.74, 6) is 0.611. The lowest BCUT2D eigenvalue weighted by atomic mass is 10.3. The number of amides is 2. The van der Waals surface area contributed by atoms with E-state index in [1.807, 2.05) is 12.1 Å². The number of nitrogens with one attached hydrogen (secondary N) is 2. The second-order valence-corrected chi connectivity index (χ2v) is 7.69. The third-order valence-corrected chi connectivity index (χ3v) is 5.52. The lowest BCUT2D eigenvalue weighted by molar-refractivity contribution is -0.118. The average Bonchev–Trinajstić information content (AvgIpc) is 3.34. The Balaban J connectivity index is 1.38. The van der Waals surface area contributed by atoms with E-state index in [2.05, 4.69) is 20.8 Å². The molecule has 0 aliphatic heterocycles. The summed E-state index contributed by atoms with van der Waals surface area (Å²) in [6.45, 7) is 0.510. The van der Waals surface area contributed by atoms with Crippen LogP contribution >= 0.6 is 23.1 Å². The van der Waals surface area contributed by atoms with Crippen molar-refractivity contribution in [1.29, 1.82) is 0 Å². The molecule has 0 aliphatic carbocycles. The molecule has 3 aromatic rings. The van der Waals surface area contributed by atoms with E-state index in [0.29, 0.717) is 29.4 Å². The van der Waals surface area contributed by atoms with E-state index >= 15 is 0 Å². The van der Waals surface area contributed by atoms with Crippen LogP contribution in [0.15, 0.2) is 47.1 Å². The molecule has 28 heavy (non-hydrogen) atoms. The topological polar surface area (TPSA) is 97.1 Å². The molecule has 7 nitrogen and oxygen atoms in total. The largest absolute Gasteiger partial charge is 0.469 e. The number of furan rings is 1. The number of carbonyl (C=O) groups is 2. The Kier molecular flexibility index (Phi) is 7.15. The normalized spacial score (nSPS) is 10.6. The maximum absolute atomic E-state index is 13.2. The zero-order valence-electron chi connectivity index (χ0n) is 14.7. The van der Waals surface area contributed by atoms with Gasteiger partial charge in [-0.25, -0.2) is 4.39 Å². The molecule has 0 saturated carbocycles. The van der Waals surface area contributed by atoms with Gasteiger partial charge in [0.15, 0.2) is 0 Å². The van der Waals surface area contributed by atoms with Crippen molar-refractivity contribution in [3.05, 3.63) is 64.3 Å². The Hall–Kier alpha value is -2.72. The number of benzene rings is 1. The number of hydrogen-bond donors (Lipinski definition) is 2. The quantitative estimate of drug-likeness (QED) is 0.552. The predicted molar refractivity (Wildman–Crippen MR) is 106 cm³/mol. The van der Waals surface area contributed by atoms with E-state index in [1.165, 1.54) is 30.0 Å². The van der Waals surface area contributed by atoms with Gasteiger partial charge in [0, 0.05) is 24.4 Å². The summed E-state index contributed by atoms with van der Waals surface area (Å²) in [6, 6.07) is 9.28. The van der Waals surface area contributed by atoms with Crippen LogP contribution in [0.1, 0.15) is 20.6 Å². The average molecular weight is 420 g/mol. The summed E-state index contributed by atoms with van der Waals surface area (Å²) in [7, 11) is 0. The fourth-order valence-electron chi connectivity index (χ4n) is 2.22. The van der Waals surface area contributed by atoms with Gasteiger partial charge in [0.25, 0.3) is 5.91 Å². The minimum atomic E-state index is -0.449. The molecule has 0 saturated heterocycles. The molecule has 0 fully saturated rings. The predicted octanol–water partition coefficient (Wildman–Crippen LogP) is 3.11. The van der Waals surface area contributed by atoms with E-state index in [0.717, 1.165) is 17.1 Å². The molecule has 0 bridgehead atoms. The molecule has 10 heteroatoms. The zero-order valence-corrected chi connectivity index (χ0v) is 16.3. The fraction of sp³-hybridized carbons (Fsp3) is 0.222. The van der Waals surface area contributed by atoms with Crippen molar-refractivity contribution in [2.24, 2.45) is 0 Å². The molecule has 2 aromatic heterocycles. The van der Waals surface area contributed by atoms with Crippen molar-refractivity contribution in [3.8, 4) is 0 Å². The highest BCUT2D eigenvalue weighted by Crippen LogP contribution is 2.18. The molecular formula is C18H17FN4O3S2. The standard InChI is InChI=1S/C18H17FN4O3S2/c19-12-3-1-4-13(9-12)21-17(25)18-23-22-16(28-18)11-27-10-15(24)20-7-6-14-5-2-8-26-14/h1-5,8-9H,6-7,10-11H2,(H,20,24)(H,21,25). The minimum absolute atomic E-state index is 0.0786. The second-order valence-electron chi connectivity index (χ2n) is 5.64. The SMILES string of the molecule is O=C(CSCc1nnc(C(=O)Nc2cccc(F)c2)s1)NCCc1ccco1. The summed E-state index contributed by atoms with van der Waals surface area (Å²) in [5.41, 5.74) is 0.349. The van der Waals surface area contributed by atoms with E-state index in [1.54, 1.807) is 12.3 Å². The maximum Gasteiger partial charge on any atom is 0.286 e. The Morgan fingerprint density at radius 1 is 1.21 bits per heavy atom. The first-order valence-electron chi connectivity index (χ1n) is 8.36. The molecule has 0 atom stereocenters. The molecule has 0 spiro atoms. The van der Waals surface area contributed by atoms with Gasteiger partial charge in [-0.3, -0.25) is 9.59 Å². The highest BCUT2D eigenvalue weighted by atomic mass is 32.2. The first kappa shape index (κ1) is 20.0. The van der Waals surface area contributed by atoms with Crippen LogP contribution in [0.2, 0.25) is 0 Å². The smallest absolute Gasteiger partial charge is 0.286 e. The number of rotatable bonds is 9. The number of carbonyl (C=O) groups excluding carboxylic acids is 2. The van der Waals surface area contributed by atoms with Crippen LogP contribution in [0.5, 0.6) is 0 Å². The van der Waals surface area contributed by atoms with Crippen LogP contribution in [0.4, 0.5) is 10.1 Å². The molecule has 2 heterocycles. The Bertz CT molecular complexity index is 931. The molecular weight excluding hydrogens is 403 g/mol. The van der Waals surface area contributed by atoms with Gasteiger partial charge in [0.2, 0.25) is 10.9 Å². The Morgan fingerprint density at radius 2 is 2.11 bits per heavy atom. The number of halogens is 1. The summed E-state index contributed by atoms with van der Waals surface area (Å²) in [6.07, 6.45) is 2.24. The molecule has 1 aromatic carbocycles. The van der Waals surface area contributed by atoms with Gasteiger partial charge in [0.1, 0.15) is 16.6 Å². The summed E-state index contributed by atoms with van der Waals surface area (Å²) < 4.78 is 18.4. The summed E-state index contributed by atoms with van der Waals surface area (Å²) >= 11 is 2.52. The van der Waals surface area contributed by atoms with E-state index in [9.17, 15) is 14.0 Å². The number of anilines is 1. The Labute approximate surface area is 168 Å². The van der Waals surface area contributed by atoms with Gasteiger partial charge < -0.3 is 15.1 Å². The third kappa shape index (κ3) is 6.17. The molecule has 0 radical (unpaired) electrons. The Morgan fingerprint density at radius 3 is 2.89 bits per heavy atom. The van der Waals surface area contributed by atoms with Crippen LogP contribution in [-0.2, 0) is 17.0 Å². The van der Waals surface area contributed by atoms with Crippen LogP contribution in [0.25, 0.3) is 0 Å². The first-order chi connectivity index (χ1) is 13.6. The third-order valence-electron chi connectivity index (χ3n) is 3.48. The fourth-order valence-corrected chi connectivity index (χ4v) is 3.85. The highest BCUT2D eigenvalue weighted by Gasteiger charge is 2.14. The van der Waals surface area contributed by atoms with E-state index in [-0.39, 0.29) is 16.7 Å². The van der Waals surface area contributed by atoms with Crippen molar-refractivity contribution in [3.63, 3.8) is 0 Å². The lowest BCUT2D eigenvalue weighted by Gasteiger charge is -2.03. The lowest BCUT2D eigenvalue weighted by Crippen LogP contribution is -2.27. The van der Waals surface area contributed by atoms with Crippen molar-refractivity contribution in [2.45, 2.75) is 12.2 Å². The van der Waals surface area contributed by atoms with Gasteiger partial charge >= 0.3 is 0 Å². The van der Waals surface area contributed by atoms with Crippen LogP contribution in [0.3, 0.4) is 0 Å². The number of thioether (sulfide) groups is 1. The van der Waals surface area contributed by atoms with Crippen molar-refractivity contribution in [2.75, 3.05) is 17.6 Å². The minimum Gasteiger partial charge on any atom is -0.469 e. The molecule has 0 unspecified atom stereocenters. The van der Waals surface area contributed by atoms with E-state index in [4.69, 9.17) is 4.42 Å². The monoisotopic (exact) mass is 420 g/mol. The van der Waals surface area contributed by atoms with Gasteiger partial charge in [-0.15, -0.1) is 22.0 Å². The molecule has 2 amide bonds. The van der Waals surface area contributed by atoms with Gasteiger partial charge in [0.05, 0.1) is 12.0 Å². The second kappa shape index (κ2) is 10.00. The van der Waals surface area contributed by atoms with E-state index < -0.39 is 11.7 Å². The van der Waals surface area contributed by atoms with Crippen molar-refractivity contribution < 1.29 is 18.4 Å². The molecule has 3 rings (SSSR count). The summed E-state index contributed by atoms with van der Waals surface area (Å²) in [5, 5.41) is 14.0. The molecule has 0 aliphatic rings. The molecule has 146 valence electrons. The summed E-state index contributed by atoms with van der Waals surface area (Å²) in [4.78, 5) is 23.9. The van der Waals surface area contributed by atoms with Crippen molar-refractivity contribution >= 4 is 40.6 Å². The van der Waals surface area contributed by atoms with Crippen LogP contribution in [-0.4, -0.2) is 34.3 Å². The number of nitrogens with zero attached hydrogens (tertiary/aromatic N) is 2. The van der Waals surface area contributed by atoms with Crippen molar-refractivity contribution in [1.82, 2.24) is 15.5 Å². The van der Waals surface area contributed by atoms with Gasteiger partial charge in [-0.2, -0.15) is 0 Å². The highest BCUT2D eigenvalue weighted by molar-refractivity contribution is 7.99. The van der Waals surface area contributed by atoms with Gasteiger partial charge in [-0.1, -0.05) is 17.4 Å².